The molecule has 0 bridgehead atoms. The number of hydrogen-bond donors (Lipinski definition) is 0. The van der Waals surface area contributed by atoms with E-state index in [-0.39, 0.29) is 11.9 Å². The number of esters is 1. The molecule has 0 radical (unpaired) electrons. The lowest BCUT2D eigenvalue weighted by atomic mass is 10.0. The van der Waals surface area contributed by atoms with E-state index in [4.69, 9.17) is 0 Å². The minimum Gasteiger partial charge on any atom is -0.466 e. The molecule has 0 aromatic carbocycles. The molecule has 1 aliphatic rings. The summed E-state index contributed by atoms with van der Waals surface area (Å²) in [7, 11) is 1.41. The summed E-state index contributed by atoms with van der Waals surface area (Å²) in [5.74, 6) is 0.0189. The van der Waals surface area contributed by atoms with E-state index in [9.17, 15) is 4.79 Å². The first kappa shape index (κ1) is 11.2. The molecule has 1 unspecified atom stereocenters. The minimum absolute atomic E-state index is 0.263. The van der Waals surface area contributed by atoms with Crippen molar-refractivity contribution in [2.75, 3.05) is 20.2 Å². The third kappa shape index (κ3) is 2.35. The van der Waals surface area contributed by atoms with Crippen LogP contribution in [0.15, 0.2) is 12.2 Å². The van der Waals surface area contributed by atoms with Crippen molar-refractivity contribution < 1.29 is 9.53 Å². The molecule has 0 aromatic rings. The minimum atomic E-state index is -0.263. The number of methoxy groups -OCH3 is 1. The van der Waals surface area contributed by atoms with Gasteiger partial charge in [-0.15, -0.1) is 0 Å². The maximum Gasteiger partial charge on any atom is 0.333 e. The van der Waals surface area contributed by atoms with Gasteiger partial charge >= 0.3 is 5.97 Å². The lowest BCUT2D eigenvalue weighted by molar-refractivity contribution is -0.136. The zero-order valence-electron chi connectivity index (χ0n) is 9.25. The first-order valence-electron chi connectivity index (χ1n) is 5.07. The van der Waals surface area contributed by atoms with Gasteiger partial charge in [0.05, 0.1) is 7.11 Å². The standard InChI is InChI=1S/C11H19NO2/c1-8(2)12-6-5-10(7-12)9(3)11(13)14-4/h8,10H,3,5-7H2,1-2,4H3. The summed E-state index contributed by atoms with van der Waals surface area (Å²) in [6.45, 7) is 10.1. The summed E-state index contributed by atoms with van der Waals surface area (Å²) in [5.41, 5.74) is 0.621. The molecule has 1 heterocycles. The largest absolute Gasteiger partial charge is 0.466 e. The van der Waals surface area contributed by atoms with Gasteiger partial charge in [-0.05, 0) is 26.8 Å². The molecule has 0 amide bonds. The van der Waals surface area contributed by atoms with Crippen molar-refractivity contribution in [3.63, 3.8) is 0 Å². The Bertz CT molecular complexity index is 235. The van der Waals surface area contributed by atoms with Crippen molar-refractivity contribution in [1.82, 2.24) is 4.90 Å². The maximum atomic E-state index is 11.2. The zero-order chi connectivity index (χ0) is 10.7. The molecule has 1 aliphatic heterocycles. The number of nitrogens with zero attached hydrogens (tertiary/aromatic N) is 1. The van der Waals surface area contributed by atoms with Crippen LogP contribution in [0.3, 0.4) is 0 Å². The molecule has 3 nitrogen and oxygen atoms in total. The van der Waals surface area contributed by atoms with Gasteiger partial charge in [0, 0.05) is 24.1 Å². The Morgan fingerprint density at radius 3 is 2.64 bits per heavy atom. The first-order chi connectivity index (χ1) is 6.56. The number of rotatable bonds is 3. The Labute approximate surface area is 85.7 Å². The summed E-state index contributed by atoms with van der Waals surface area (Å²) in [6, 6.07) is 0.547. The van der Waals surface area contributed by atoms with E-state index in [1.807, 2.05) is 0 Å². The summed E-state index contributed by atoms with van der Waals surface area (Å²) in [4.78, 5) is 13.6. The van der Waals surface area contributed by atoms with Crippen LogP contribution >= 0.6 is 0 Å². The summed E-state index contributed by atoms with van der Waals surface area (Å²) in [5, 5.41) is 0. The molecular weight excluding hydrogens is 178 g/mol. The van der Waals surface area contributed by atoms with Crippen LogP contribution in [0.25, 0.3) is 0 Å². The smallest absolute Gasteiger partial charge is 0.333 e. The van der Waals surface area contributed by atoms with Crippen LogP contribution in [0.4, 0.5) is 0 Å². The van der Waals surface area contributed by atoms with Crippen LogP contribution < -0.4 is 0 Å². The highest BCUT2D eigenvalue weighted by Gasteiger charge is 2.29. The van der Waals surface area contributed by atoms with Gasteiger partial charge in [0.25, 0.3) is 0 Å². The van der Waals surface area contributed by atoms with Crippen molar-refractivity contribution in [3.8, 4) is 0 Å². The molecular formula is C11H19NO2. The second kappa shape index (κ2) is 4.60. The molecule has 80 valence electrons. The number of hydrogen-bond acceptors (Lipinski definition) is 3. The average molecular weight is 197 g/mol. The van der Waals surface area contributed by atoms with Crippen LogP contribution in [0.1, 0.15) is 20.3 Å². The Morgan fingerprint density at radius 2 is 2.21 bits per heavy atom. The summed E-state index contributed by atoms with van der Waals surface area (Å²) in [6.07, 6.45) is 1.02. The lowest BCUT2D eigenvalue weighted by Gasteiger charge is -2.20. The SMILES string of the molecule is C=C(C(=O)OC)C1CCN(C(C)C)C1. The molecule has 0 spiro atoms. The van der Waals surface area contributed by atoms with E-state index in [1.165, 1.54) is 7.11 Å². The molecule has 1 rings (SSSR count). The summed E-state index contributed by atoms with van der Waals surface area (Å²) < 4.78 is 4.66. The van der Waals surface area contributed by atoms with Crippen LogP contribution in [0, 0.1) is 5.92 Å². The molecule has 1 saturated heterocycles. The Morgan fingerprint density at radius 1 is 1.57 bits per heavy atom. The number of likely N-dealkylation sites (tertiary alicyclic amines) is 1. The molecule has 3 heteroatoms. The molecule has 0 aromatic heterocycles. The second-order valence-electron chi connectivity index (χ2n) is 4.09. The van der Waals surface area contributed by atoms with Crippen LogP contribution in [0.5, 0.6) is 0 Å². The van der Waals surface area contributed by atoms with Gasteiger partial charge in [-0.2, -0.15) is 0 Å². The van der Waals surface area contributed by atoms with Crippen LogP contribution in [-0.2, 0) is 9.53 Å². The van der Waals surface area contributed by atoms with Crippen molar-refractivity contribution in [3.05, 3.63) is 12.2 Å². The monoisotopic (exact) mass is 197 g/mol. The molecule has 14 heavy (non-hydrogen) atoms. The maximum absolute atomic E-state index is 11.2. The van der Waals surface area contributed by atoms with Gasteiger partial charge in [0.2, 0.25) is 0 Å². The highest BCUT2D eigenvalue weighted by Crippen LogP contribution is 2.24. The van der Waals surface area contributed by atoms with Crippen molar-refractivity contribution >= 4 is 5.97 Å². The second-order valence-corrected chi connectivity index (χ2v) is 4.09. The predicted octanol–water partition coefficient (Wildman–Crippen LogP) is 1.45. The van der Waals surface area contributed by atoms with E-state index in [2.05, 4.69) is 30.1 Å². The molecule has 1 atom stereocenters. The van der Waals surface area contributed by atoms with Crippen molar-refractivity contribution in [2.24, 2.45) is 5.92 Å². The number of carbonyl (C=O) groups excluding carboxylic acids is 1. The number of ether oxygens (including phenoxy) is 1. The van der Waals surface area contributed by atoms with Crippen molar-refractivity contribution in [2.45, 2.75) is 26.3 Å². The number of carbonyl (C=O) groups is 1. The molecule has 0 aliphatic carbocycles. The fourth-order valence-corrected chi connectivity index (χ4v) is 1.84. The van der Waals surface area contributed by atoms with Crippen LogP contribution in [-0.4, -0.2) is 37.1 Å². The Hall–Kier alpha value is -0.830. The average Bonchev–Trinajstić information content (AvgIpc) is 2.64. The highest BCUT2D eigenvalue weighted by molar-refractivity contribution is 5.88. The first-order valence-corrected chi connectivity index (χ1v) is 5.07. The van der Waals surface area contributed by atoms with Gasteiger partial charge in [-0.3, -0.25) is 0 Å². The van der Waals surface area contributed by atoms with Gasteiger partial charge in [0.15, 0.2) is 0 Å². The third-order valence-corrected chi connectivity index (χ3v) is 2.89. The normalized spacial score (nSPS) is 22.7. The molecule has 0 saturated carbocycles. The van der Waals surface area contributed by atoms with E-state index in [0.717, 1.165) is 19.5 Å². The predicted molar refractivity (Wildman–Crippen MR) is 56.0 cm³/mol. The van der Waals surface area contributed by atoms with E-state index in [1.54, 1.807) is 0 Å². The Balaban J connectivity index is 2.50. The van der Waals surface area contributed by atoms with Crippen LogP contribution in [0.2, 0.25) is 0 Å². The van der Waals surface area contributed by atoms with Gasteiger partial charge in [0.1, 0.15) is 0 Å². The topological polar surface area (TPSA) is 29.5 Å². The fourth-order valence-electron chi connectivity index (χ4n) is 1.84. The summed E-state index contributed by atoms with van der Waals surface area (Å²) >= 11 is 0. The van der Waals surface area contributed by atoms with E-state index >= 15 is 0 Å². The third-order valence-electron chi connectivity index (χ3n) is 2.89. The highest BCUT2D eigenvalue weighted by atomic mass is 16.5. The Kier molecular flexibility index (Phi) is 3.69. The molecule has 1 fully saturated rings. The zero-order valence-corrected chi connectivity index (χ0v) is 9.25. The lowest BCUT2D eigenvalue weighted by Crippen LogP contribution is -2.29. The van der Waals surface area contributed by atoms with Crippen molar-refractivity contribution in [1.29, 1.82) is 0 Å². The van der Waals surface area contributed by atoms with Gasteiger partial charge in [-0.1, -0.05) is 6.58 Å². The van der Waals surface area contributed by atoms with Gasteiger partial charge < -0.3 is 9.64 Å². The molecule has 0 N–H and O–H groups in total. The quantitative estimate of drug-likeness (QED) is 0.506. The van der Waals surface area contributed by atoms with E-state index < -0.39 is 0 Å². The fraction of sp³-hybridized carbons (Fsp3) is 0.727. The van der Waals surface area contributed by atoms with Gasteiger partial charge in [-0.25, -0.2) is 4.79 Å². The van der Waals surface area contributed by atoms with E-state index in [0.29, 0.717) is 11.6 Å².